The molecule has 0 spiro atoms. The number of carbonyl (C=O) groups is 1. The molecule has 1 saturated carbocycles. The Morgan fingerprint density at radius 1 is 1.32 bits per heavy atom. The highest BCUT2D eigenvalue weighted by Crippen LogP contribution is 2.25. The Balaban J connectivity index is 2.15. The average Bonchev–Trinajstić information content (AvgIpc) is 2.52. The largest absolute Gasteiger partial charge is 0.465 e. The maximum Gasteiger partial charge on any atom is 0.339 e. The van der Waals surface area contributed by atoms with Crippen LogP contribution >= 0.6 is 0 Å². The Labute approximate surface area is 131 Å². The zero-order valence-electron chi connectivity index (χ0n) is 13.0. The van der Waals surface area contributed by atoms with E-state index in [0.717, 1.165) is 25.7 Å². The number of esters is 1. The molecule has 0 atom stereocenters. The van der Waals surface area contributed by atoms with Crippen LogP contribution in [-0.2, 0) is 21.3 Å². The molecule has 7 heteroatoms. The van der Waals surface area contributed by atoms with Crippen molar-refractivity contribution in [3.05, 3.63) is 29.6 Å². The van der Waals surface area contributed by atoms with Crippen LogP contribution in [-0.4, -0.2) is 43.1 Å². The van der Waals surface area contributed by atoms with Crippen molar-refractivity contribution >= 4 is 16.0 Å². The van der Waals surface area contributed by atoms with Crippen molar-refractivity contribution in [2.24, 2.45) is 0 Å². The first kappa shape index (κ1) is 16.9. The summed E-state index contributed by atoms with van der Waals surface area (Å²) in [6.07, 6.45) is 7.74. The Bertz CT molecular complexity index is 607. The number of carbonyl (C=O) groups excluding carboxylic acids is 1. The second kappa shape index (κ2) is 7.19. The van der Waals surface area contributed by atoms with Gasteiger partial charge in [0.1, 0.15) is 0 Å². The lowest BCUT2D eigenvalue weighted by molar-refractivity contribution is 0.0600. The Hall–Kier alpha value is -1.47. The maximum atomic E-state index is 12.1. The lowest BCUT2D eigenvalue weighted by atomic mass is 9.95. The summed E-state index contributed by atoms with van der Waals surface area (Å²) in [4.78, 5) is 15.6. The van der Waals surface area contributed by atoms with Gasteiger partial charge < -0.3 is 4.74 Å². The molecular formula is C15H22N2O4S. The minimum atomic E-state index is -3.29. The van der Waals surface area contributed by atoms with E-state index in [0.29, 0.717) is 11.3 Å². The molecule has 1 aliphatic rings. The molecule has 1 aliphatic carbocycles. The predicted molar refractivity (Wildman–Crippen MR) is 82.8 cm³/mol. The summed E-state index contributed by atoms with van der Waals surface area (Å²) in [7, 11) is -1.98. The number of pyridine rings is 1. The van der Waals surface area contributed by atoms with Gasteiger partial charge in [-0.15, -0.1) is 0 Å². The molecule has 2 rings (SSSR count). The number of hydrogen-bond donors (Lipinski definition) is 0. The topological polar surface area (TPSA) is 76.6 Å². The third-order valence-corrected chi connectivity index (χ3v) is 5.25. The first-order chi connectivity index (χ1) is 10.4. The van der Waals surface area contributed by atoms with Crippen molar-refractivity contribution in [3.63, 3.8) is 0 Å². The van der Waals surface area contributed by atoms with Crippen LogP contribution in [0.2, 0.25) is 0 Å². The van der Waals surface area contributed by atoms with Gasteiger partial charge in [-0.3, -0.25) is 4.98 Å². The molecule has 6 nitrogen and oxygen atoms in total. The Morgan fingerprint density at radius 2 is 2.00 bits per heavy atom. The summed E-state index contributed by atoms with van der Waals surface area (Å²) in [5.41, 5.74) is 0.985. The van der Waals surface area contributed by atoms with Crippen molar-refractivity contribution in [1.82, 2.24) is 9.29 Å². The van der Waals surface area contributed by atoms with E-state index in [2.05, 4.69) is 9.72 Å². The van der Waals surface area contributed by atoms with Crippen LogP contribution in [0.1, 0.15) is 48.2 Å². The average molecular weight is 326 g/mol. The number of methoxy groups -OCH3 is 1. The van der Waals surface area contributed by atoms with E-state index in [1.54, 1.807) is 12.1 Å². The first-order valence-electron chi connectivity index (χ1n) is 7.42. The number of hydrogen-bond acceptors (Lipinski definition) is 5. The number of sulfonamides is 1. The van der Waals surface area contributed by atoms with Gasteiger partial charge >= 0.3 is 5.97 Å². The molecule has 22 heavy (non-hydrogen) atoms. The molecule has 0 bridgehead atoms. The molecule has 0 N–H and O–H groups in total. The van der Waals surface area contributed by atoms with Crippen LogP contribution in [0.3, 0.4) is 0 Å². The number of ether oxygens (including phenoxy) is 1. The highest BCUT2D eigenvalue weighted by molar-refractivity contribution is 7.88. The van der Waals surface area contributed by atoms with Gasteiger partial charge in [-0.05, 0) is 25.0 Å². The quantitative estimate of drug-likeness (QED) is 0.773. The second-order valence-corrected chi connectivity index (χ2v) is 7.56. The number of aromatic nitrogens is 1. The SMILES string of the molecule is COC(=O)c1ccc(CN(C2CCCCC2)S(C)(=O)=O)nc1. The third kappa shape index (κ3) is 4.27. The predicted octanol–water partition coefficient (Wildman–Crippen LogP) is 1.96. The first-order valence-corrected chi connectivity index (χ1v) is 9.26. The van der Waals surface area contributed by atoms with Crippen LogP contribution in [0.25, 0.3) is 0 Å². The second-order valence-electron chi connectivity index (χ2n) is 5.63. The van der Waals surface area contributed by atoms with Gasteiger partial charge in [0.25, 0.3) is 0 Å². The molecule has 1 aromatic rings. The van der Waals surface area contributed by atoms with E-state index in [-0.39, 0.29) is 12.6 Å². The summed E-state index contributed by atoms with van der Waals surface area (Å²) >= 11 is 0. The van der Waals surface area contributed by atoms with Crippen molar-refractivity contribution in [2.45, 2.75) is 44.7 Å². The molecule has 1 fully saturated rings. The Kier molecular flexibility index (Phi) is 5.52. The van der Waals surface area contributed by atoms with Gasteiger partial charge in [-0.1, -0.05) is 19.3 Å². The summed E-state index contributed by atoms with van der Waals surface area (Å²) in [6.45, 7) is 0.241. The maximum absolute atomic E-state index is 12.1. The van der Waals surface area contributed by atoms with Gasteiger partial charge in [0.2, 0.25) is 10.0 Å². The smallest absolute Gasteiger partial charge is 0.339 e. The summed E-state index contributed by atoms with van der Waals surface area (Å²) in [5, 5.41) is 0. The van der Waals surface area contributed by atoms with E-state index >= 15 is 0 Å². The molecule has 122 valence electrons. The van der Waals surface area contributed by atoms with E-state index < -0.39 is 16.0 Å². The molecule has 0 saturated heterocycles. The van der Waals surface area contributed by atoms with Gasteiger partial charge in [0.15, 0.2) is 0 Å². The van der Waals surface area contributed by atoms with Crippen LogP contribution < -0.4 is 0 Å². The minimum Gasteiger partial charge on any atom is -0.465 e. The zero-order valence-corrected chi connectivity index (χ0v) is 13.8. The summed E-state index contributed by atoms with van der Waals surface area (Å²) in [5.74, 6) is -0.453. The standard InChI is InChI=1S/C15H22N2O4S/c1-21-15(18)12-8-9-13(16-10-12)11-17(22(2,19)20)14-6-4-3-5-7-14/h8-10,14H,3-7,11H2,1-2H3. The molecule has 1 aromatic heterocycles. The minimum absolute atomic E-state index is 0.0471. The van der Waals surface area contributed by atoms with Gasteiger partial charge in [-0.2, -0.15) is 4.31 Å². The summed E-state index contributed by atoms with van der Waals surface area (Å²) in [6, 6.07) is 3.33. The molecule has 0 aliphatic heterocycles. The summed E-state index contributed by atoms with van der Waals surface area (Å²) < 4.78 is 30.3. The van der Waals surface area contributed by atoms with Gasteiger partial charge in [-0.25, -0.2) is 13.2 Å². The fourth-order valence-corrected chi connectivity index (χ4v) is 3.92. The van der Waals surface area contributed by atoms with Crippen molar-refractivity contribution in [1.29, 1.82) is 0 Å². The molecule has 0 radical (unpaired) electrons. The zero-order chi connectivity index (χ0) is 16.2. The van der Waals surface area contributed by atoms with Crippen LogP contribution in [0.15, 0.2) is 18.3 Å². The van der Waals surface area contributed by atoms with Crippen molar-refractivity contribution in [2.75, 3.05) is 13.4 Å². The normalized spacial score (nSPS) is 16.7. The molecule has 0 unspecified atom stereocenters. The number of rotatable bonds is 5. The fourth-order valence-electron chi connectivity index (χ4n) is 2.80. The Morgan fingerprint density at radius 3 is 2.50 bits per heavy atom. The van der Waals surface area contributed by atoms with E-state index in [1.807, 2.05) is 0 Å². The van der Waals surface area contributed by atoms with E-state index in [9.17, 15) is 13.2 Å². The van der Waals surface area contributed by atoms with Crippen molar-refractivity contribution < 1.29 is 17.9 Å². The molecule has 0 amide bonds. The fraction of sp³-hybridized carbons (Fsp3) is 0.600. The molecule has 1 heterocycles. The van der Waals surface area contributed by atoms with Crippen LogP contribution in [0.5, 0.6) is 0 Å². The lowest BCUT2D eigenvalue weighted by Gasteiger charge is -2.32. The number of nitrogens with zero attached hydrogens (tertiary/aromatic N) is 2. The highest BCUT2D eigenvalue weighted by atomic mass is 32.2. The van der Waals surface area contributed by atoms with Gasteiger partial charge in [0, 0.05) is 12.2 Å². The van der Waals surface area contributed by atoms with Crippen molar-refractivity contribution in [3.8, 4) is 0 Å². The molecular weight excluding hydrogens is 304 g/mol. The molecule has 0 aromatic carbocycles. The third-order valence-electron chi connectivity index (χ3n) is 3.97. The van der Waals surface area contributed by atoms with E-state index in [1.165, 1.54) is 30.3 Å². The lowest BCUT2D eigenvalue weighted by Crippen LogP contribution is -2.40. The highest BCUT2D eigenvalue weighted by Gasteiger charge is 2.28. The van der Waals surface area contributed by atoms with Gasteiger partial charge in [0.05, 0.1) is 31.2 Å². The van der Waals surface area contributed by atoms with Crippen LogP contribution in [0, 0.1) is 0 Å². The van der Waals surface area contributed by atoms with Crippen LogP contribution in [0.4, 0.5) is 0 Å². The monoisotopic (exact) mass is 326 g/mol. The van der Waals surface area contributed by atoms with E-state index in [4.69, 9.17) is 0 Å².